The van der Waals surface area contributed by atoms with Crippen LogP contribution in [0.2, 0.25) is 0 Å². The summed E-state index contributed by atoms with van der Waals surface area (Å²) in [4.78, 5) is 2.35. The Kier molecular flexibility index (Phi) is 2.78. The van der Waals surface area contributed by atoms with Crippen molar-refractivity contribution in [2.45, 2.75) is 12.6 Å². The predicted molar refractivity (Wildman–Crippen MR) is 35.8 cm³/mol. The van der Waals surface area contributed by atoms with E-state index >= 15 is 0 Å². The van der Waals surface area contributed by atoms with Gasteiger partial charge in [0.2, 0.25) is 5.95 Å². The van der Waals surface area contributed by atoms with Gasteiger partial charge in [-0.1, -0.05) is 0 Å². The van der Waals surface area contributed by atoms with Crippen molar-refractivity contribution in [2.24, 2.45) is 0 Å². The molecule has 0 amide bonds. The van der Waals surface area contributed by atoms with Crippen LogP contribution in [0.1, 0.15) is 17.7 Å². The molecule has 0 aliphatic heterocycles. The number of pyridine rings is 1. The Morgan fingerprint density at radius 2 is 1.80 bits per heavy atom. The van der Waals surface area contributed by atoms with Gasteiger partial charge >= 0.3 is 6.18 Å². The molecule has 0 aliphatic rings. The molecule has 0 saturated carbocycles. The van der Waals surface area contributed by atoms with Gasteiger partial charge in [0.15, 0.2) is 5.69 Å². The van der Waals surface area contributed by atoms with Crippen molar-refractivity contribution in [3.63, 3.8) is 0 Å². The van der Waals surface area contributed by atoms with Crippen molar-refractivity contribution in [3.8, 4) is 5.75 Å². The van der Waals surface area contributed by atoms with Gasteiger partial charge in [0, 0.05) is 0 Å². The van der Waals surface area contributed by atoms with Crippen LogP contribution in [0.15, 0.2) is 6.07 Å². The zero-order valence-electron chi connectivity index (χ0n) is 6.82. The number of hydrogen-bond acceptors (Lipinski definition) is 2. The quantitative estimate of drug-likeness (QED) is 0.595. The number of aromatic hydroxyl groups is 1. The van der Waals surface area contributed by atoms with Crippen LogP contribution in [-0.4, -0.2) is 10.1 Å². The molecule has 15 heavy (non-hydrogen) atoms. The molecule has 0 fully saturated rings. The lowest BCUT2D eigenvalue weighted by Crippen LogP contribution is -2.11. The van der Waals surface area contributed by atoms with E-state index in [2.05, 4.69) is 4.98 Å². The lowest BCUT2D eigenvalue weighted by molar-refractivity contribution is -0.140. The van der Waals surface area contributed by atoms with E-state index < -0.39 is 35.6 Å². The second-order valence-corrected chi connectivity index (χ2v) is 2.53. The van der Waals surface area contributed by atoms with Crippen LogP contribution in [-0.2, 0) is 6.18 Å². The molecular formula is C7H3F6NO. The van der Waals surface area contributed by atoms with Crippen LogP contribution in [0.3, 0.4) is 0 Å². The molecule has 1 heterocycles. The van der Waals surface area contributed by atoms with E-state index in [9.17, 15) is 26.3 Å². The smallest absolute Gasteiger partial charge is 0.420 e. The van der Waals surface area contributed by atoms with Crippen LogP contribution in [0.5, 0.6) is 5.75 Å². The van der Waals surface area contributed by atoms with E-state index in [0.29, 0.717) is 0 Å². The minimum atomic E-state index is -5.09. The molecule has 2 nitrogen and oxygen atoms in total. The molecule has 1 aromatic heterocycles. The molecular weight excluding hydrogens is 228 g/mol. The van der Waals surface area contributed by atoms with Gasteiger partial charge in [-0.05, 0) is 6.07 Å². The third kappa shape index (κ3) is 2.31. The zero-order valence-corrected chi connectivity index (χ0v) is 6.82. The summed E-state index contributed by atoms with van der Waals surface area (Å²) in [5.41, 5.74) is -3.30. The van der Waals surface area contributed by atoms with Gasteiger partial charge in [-0.25, -0.2) is 13.8 Å². The van der Waals surface area contributed by atoms with E-state index in [4.69, 9.17) is 5.11 Å². The number of hydrogen-bond donors (Lipinski definition) is 1. The molecule has 0 aliphatic carbocycles. The normalized spacial score (nSPS) is 12.2. The Balaban J connectivity index is 3.32. The van der Waals surface area contributed by atoms with Crippen LogP contribution in [0, 0.1) is 5.95 Å². The van der Waals surface area contributed by atoms with Gasteiger partial charge in [0.1, 0.15) is 11.3 Å². The molecule has 0 spiro atoms. The average molecular weight is 231 g/mol. The standard InChI is InChI=1S/C7H3F6NO/c8-5(9)4-3(15)1-2(6(10)14-4)7(11,12)13/h1,5,15H. The second kappa shape index (κ2) is 3.59. The maximum Gasteiger partial charge on any atom is 0.420 e. The van der Waals surface area contributed by atoms with Crippen LogP contribution in [0.25, 0.3) is 0 Å². The summed E-state index contributed by atoms with van der Waals surface area (Å²) in [7, 11) is 0. The molecule has 84 valence electrons. The summed E-state index contributed by atoms with van der Waals surface area (Å²) >= 11 is 0. The van der Waals surface area contributed by atoms with E-state index in [1.54, 1.807) is 0 Å². The Morgan fingerprint density at radius 1 is 1.27 bits per heavy atom. The first kappa shape index (κ1) is 11.6. The summed E-state index contributed by atoms with van der Waals surface area (Å²) in [6.45, 7) is 0. The topological polar surface area (TPSA) is 33.1 Å². The third-order valence-electron chi connectivity index (χ3n) is 1.50. The number of aromatic nitrogens is 1. The SMILES string of the molecule is Oc1cc(C(F)(F)F)c(F)nc1C(F)F. The van der Waals surface area contributed by atoms with Crippen LogP contribution >= 0.6 is 0 Å². The highest BCUT2D eigenvalue weighted by Gasteiger charge is 2.36. The highest BCUT2D eigenvalue weighted by atomic mass is 19.4. The van der Waals surface area contributed by atoms with E-state index in [0.717, 1.165) is 0 Å². The summed E-state index contributed by atoms with van der Waals surface area (Å²) in [5.74, 6) is -3.48. The van der Waals surface area contributed by atoms with Crippen molar-refractivity contribution < 1.29 is 31.4 Å². The van der Waals surface area contributed by atoms with E-state index in [1.807, 2.05) is 0 Å². The fourth-order valence-electron chi connectivity index (χ4n) is 0.853. The van der Waals surface area contributed by atoms with Gasteiger partial charge in [-0.2, -0.15) is 17.6 Å². The van der Waals surface area contributed by atoms with Crippen molar-refractivity contribution in [1.82, 2.24) is 4.98 Å². The maximum absolute atomic E-state index is 12.6. The maximum atomic E-state index is 12.6. The summed E-state index contributed by atoms with van der Waals surface area (Å²) in [6.07, 6.45) is -8.43. The largest absolute Gasteiger partial charge is 0.506 e. The third-order valence-corrected chi connectivity index (χ3v) is 1.50. The highest BCUT2D eigenvalue weighted by molar-refractivity contribution is 5.33. The van der Waals surface area contributed by atoms with Crippen molar-refractivity contribution in [3.05, 3.63) is 23.3 Å². The molecule has 0 unspecified atom stereocenters. The van der Waals surface area contributed by atoms with Crippen molar-refractivity contribution in [2.75, 3.05) is 0 Å². The Morgan fingerprint density at radius 3 is 2.20 bits per heavy atom. The first-order chi connectivity index (χ1) is 6.73. The molecule has 1 rings (SSSR count). The lowest BCUT2D eigenvalue weighted by atomic mass is 10.2. The molecule has 1 N–H and O–H groups in total. The van der Waals surface area contributed by atoms with Gasteiger partial charge in [-0.15, -0.1) is 0 Å². The Bertz CT molecular complexity index is 374. The first-order valence-electron chi connectivity index (χ1n) is 3.48. The van der Waals surface area contributed by atoms with Gasteiger partial charge in [0.25, 0.3) is 6.43 Å². The predicted octanol–water partition coefficient (Wildman–Crippen LogP) is 2.88. The van der Waals surface area contributed by atoms with Gasteiger partial charge in [-0.3, -0.25) is 0 Å². The fourth-order valence-corrected chi connectivity index (χ4v) is 0.853. The van der Waals surface area contributed by atoms with Crippen LogP contribution < -0.4 is 0 Å². The summed E-state index contributed by atoms with van der Waals surface area (Å²) in [6, 6.07) is -0.121. The zero-order chi connectivity index (χ0) is 11.8. The lowest BCUT2D eigenvalue weighted by Gasteiger charge is -2.09. The number of rotatable bonds is 1. The minimum Gasteiger partial charge on any atom is -0.506 e. The Hall–Kier alpha value is -1.47. The van der Waals surface area contributed by atoms with E-state index in [-0.39, 0.29) is 6.07 Å². The average Bonchev–Trinajstić information content (AvgIpc) is 2.06. The molecule has 0 aromatic carbocycles. The molecule has 8 heteroatoms. The second-order valence-electron chi connectivity index (χ2n) is 2.53. The van der Waals surface area contributed by atoms with Crippen LogP contribution in [0.4, 0.5) is 26.3 Å². The highest BCUT2D eigenvalue weighted by Crippen LogP contribution is 2.35. The number of alkyl halides is 5. The van der Waals surface area contributed by atoms with Gasteiger partial charge < -0.3 is 5.11 Å². The molecule has 0 atom stereocenters. The number of halogens is 6. The minimum absolute atomic E-state index is 0.121. The van der Waals surface area contributed by atoms with Gasteiger partial charge in [0.05, 0.1) is 0 Å². The molecule has 1 aromatic rings. The molecule has 0 saturated heterocycles. The Labute approximate surface area is 79.2 Å². The van der Waals surface area contributed by atoms with E-state index in [1.165, 1.54) is 0 Å². The summed E-state index contributed by atoms with van der Waals surface area (Å²) in [5, 5.41) is 8.74. The first-order valence-corrected chi connectivity index (χ1v) is 3.48. The van der Waals surface area contributed by atoms with Crippen molar-refractivity contribution in [1.29, 1.82) is 0 Å². The number of nitrogens with zero attached hydrogens (tertiary/aromatic N) is 1. The fraction of sp³-hybridized carbons (Fsp3) is 0.286. The molecule has 0 radical (unpaired) electrons. The molecule has 0 bridgehead atoms. The monoisotopic (exact) mass is 231 g/mol. The van der Waals surface area contributed by atoms with Crippen molar-refractivity contribution >= 4 is 0 Å². The summed E-state index contributed by atoms with van der Waals surface area (Å²) < 4.78 is 72.5.